The predicted octanol–water partition coefficient (Wildman–Crippen LogP) is 3.35. The SMILES string of the molecule is O=[N+]([O-])c1cc(C2CCCCC2)ccc1O. The number of benzene rings is 1. The summed E-state index contributed by atoms with van der Waals surface area (Å²) in [6.45, 7) is 0. The van der Waals surface area contributed by atoms with Crippen molar-refractivity contribution < 1.29 is 10.0 Å². The molecule has 86 valence electrons. The van der Waals surface area contributed by atoms with E-state index >= 15 is 0 Å². The molecule has 1 aromatic rings. The average Bonchev–Trinajstić information content (AvgIpc) is 2.30. The maximum atomic E-state index is 10.7. The first-order chi connectivity index (χ1) is 7.68. The summed E-state index contributed by atoms with van der Waals surface area (Å²) in [4.78, 5) is 10.2. The molecule has 1 fully saturated rings. The maximum absolute atomic E-state index is 10.7. The zero-order valence-corrected chi connectivity index (χ0v) is 9.06. The smallest absolute Gasteiger partial charge is 0.310 e. The molecular weight excluding hydrogens is 206 g/mol. The van der Waals surface area contributed by atoms with E-state index in [1.807, 2.05) is 0 Å². The van der Waals surface area contributed by atoms with Gasteiger partial charge in [-0.05, 0) is 30.4 Å². The average molecular weight is 221 g/mol. The van der Waals surface area contributed by atoms with Gasteiger partial charge in [0.2, 0.25) is 0 Å². The molecule has 1 N–H and O–H groups in total. The molecule has 0 aliphatic heterocycles. The number of nitro benzene ring substituents is 1. The summed E-state index contributed by atoms with van der Waals surface area (Å²) in [6.07, 6.45) is 5.85. The van der Waals surface area contributed by atoms with Crippen molar-refractivity contribution >= 4 is 5.69 Å². The van der Waals surface area contributed by atoms with E-state index in [1.165, 1.54) is 31.4 Å². The van der Waals surface area contributed by atoms with Crippen molar-refractivity contribution in [2.45, 2.75) is 38.0 Å². The van der Waals surface area contributed by atoms with Gasteiger partial charge in [-0.3, -0.25) is 10.1 Å². The van der Waals surface area contributed by atoms with Crippen LogP contribution in [0.25, 0.3) is 0 Å². The fourth-order valence-electron chi connectivity index (χ4n) is 2.38. The molecule has 2 rings (SSSR count). The van der Waals surface area contributed by atoms with Gasteiger partial charge < -0.3 is 5.11 Å². The first-order valence-electron chi connectivity index (χ1n) is 5.66. The Kier molecular flexibility index (Phi) is 3.08. The Hall–Kier alpha value is -1.58. The fourth-order valence-corrected chi connectivity index (χ4v) is 2.38. The third-order valence-electron chi connectivity index (χ3n) is 3.27. The second kappa shape index (κ2) is 4.51. The van der Waals surface area contributed by atoms with Crippen molar-refractivity contribution in [3.8, 4) is 5.75 Å². The van der Waals surface area contributed by atoms with Crippen molar-refractivity contribution in [2.75, 3.05) is 0 Å². The number of nitrogens with zero attached hydrogens (tertiary/aromatic N) is 1. The minimum atomic E-state index is -0.526. The molecule has 0 amide bonds. The molecule has 0 spiro atoms. The van der Waals surface area contributed by atoms with Crippen molar-refractivity contribution in [1.82, 2.24) is 0 Å². The van der Waals surface area contributed by atoms with E-state index in [0.717, 1.165) is 18.4 Å². The third kappa shape index (κ3) is 2.15. The summed E-state index contributed by atoms with van der Waals surface area (Å²) in [5.41, 5.74) is 0.812. The van der Waals surface area contributed by atoms with Gasteiger partial charge in [0.25, 0.3) is 0 Å². The van der Waals surface area contributed by atoms with Crippen LogP contribution in [0.15, 0.2) is 18.2 Å². The Morgan fingerprint density at radius 3 is 2.56 bits per heavy atom. The molecule has 0 bridgehead atoms. The Morgan fingerprint density at radius 2 is 1.94 bits per heavy atom. The number of phenolic OH excluding ortho intramolecular Hbond substituents is 1. The first-order valence-corrected chi connectivity index (χ1v) is 5.66. The van der Waals surface area contributed by atoms with Crippen LogP contribution in [0.5, 0.6) is 5.75 Å². The van der Waals surface area contributed by atoms with Crippen molar-refractivity contribution in [3.05, 3.63) is 33.9 Å². The summed E-state index contributed by atoms with van der Waals surface area (Å²) in [6, 6.07) is 4.76. The van der Waals surface area contributed by atoms with Gasteiger partial charge in [0.1, 0.15) is 0 Å². The minimum Gasteiger partial charge on any atom is -0.502 e. The Balaban J connectivity index is 2.27. The van der Waals surface area contributed by atoms with Crippen LogP contribution in [0.4, 0.5) is 5.69 Å². The molecule has 4 nitrogen and oxygen atoms in total. The van der Waals surface area contributed by atoms with Crippen LogP contribution >= 0.6 is 0 Å². The van der Waals surface area contributed by atoms with E-state index < -0.39 is 4.92 Å². The quantitative estimate of drug-likeness (QED) is 0.615. The minimum absolute atomic E-state index is 0.178. The summed E-state index contributed by atoms with van der Waals surface area (Å²) < 4.78 is 0. The van der Waals surface area contributed by atoms with Crippen LogP contribution in [-0.2, 0) is 0 Å². The summed E-state index contributed by atoms with van der Waals surface area (Å²) in [5, 5.41) is 20.1. The zero-order chi connectivity index (χ0) is 11.5. The van der Waals surface area contributed by atoms with Crippen LogP contribution in [0.1, 0.15) is 43.6 Å². The van der Waals surface area contributed by atoms with E-state index in [-0.39, 0.29) is 11.4 Å². The first kappa shape index (κ1) is 10.9. The van der Waals surface area contributed by atoms with Crippen molar-refractivity contribution in [3.63, 3.8) is 0 Å². The number of rotatable bonds is 2. The Labute approximate surface area is 94.1 Å². The van der Waals surface area contributed by atoms with Crippen LogP contribution in [0, 0.1) is 10.1 Å². The molecule has 0 unspecified atom stereocenters. The lowest BCUT2D eigenvalue weighted by Gasteiger charge is -2.21. The Bertz CT molecular complexity index is 397. The largest absolute Gasteiger partial charge is 0.502 e. The van der Waals surface area contributed by atoms with Crippen LogP contribution in [0.2, 0.25) is 0 Å². The van der Waals surface area contributed by atoms with Gasteiger partial charge in [-0.1, -0.05) is 25.3 Å². The Morgan fingerprint density at radius 1 is 1.25 bits per heavy atom. The molecule has 1 aromatic carbocycles. The normalized spacial score (nSPS) is 17.2. The van der Waals surface area contributed by atoms with Crippen molar-refractivity contribution in [2.24, 2.45) is 0 Å². The lowest BCUT2D eigenvalue weighted by molar-refractivity contribution is -0.385. The van der Waals surface area contributed by atoms with E-state index in [2.05, 4.69) is 0 Å². The van der Waals surface area contributed by atoms with Gasteiger partial charge in [-0.2, -0.15) is 0 Å². The lowest BCUT2D eigenvalue weighted by atomic mass is 9.84. The van der Waals surface area contributed by atoms with Gasteiger partial charge in [-0.15, -0.1) is 0 Å². The van der Waals surface area contributed by atoms with Gasteiger partial charge >= 0.3 is 5.69 Å². The number of hydrogen-bond acceptors (Lipinski definition) is 3. The van der Waals surface area contributed by atoms with Gasteiger partial charge in [0.05, 0.1) is 4.92 Å². The standard InChI is InChI=1S/C12H15NO3/c14-12-7-6-10(8-11(12)13(15)16)9-4-2-1-3-5-9/h6-9,14H,1-5H2. The molecule has 4 heteroatoms. The lowest BCUT2D eigenvalue weighted by Crippen LogP contribution is -2.04. The number of hydrogen-bond donors (Lipinski definition) is 1. The van der Waals surface area contributed by atoms with Gasteiger partial charge in [-0.25, -0.2) is 0 Å². The summed E-state index contributed by atoms with van der Waals surface area (Å²) >= 11 is 0. The summed E-state index contributed by atoms with van der Waals surface area (Å²) in [7, 11) is 0. The molecule has 1 saturated carbocycles. The molecule has 0 atom stereocenters. The number of phenols is 1. The predicted molar refractivity (Wildman–Crippen MR) is 60.6 cm³/mol. The molecule has 16 heavy (non-hydrogen) atoms. The zero-order valence-electron chi connectivity index (χ0n) is 9.06. The molecule has 0 heterocycles. The van der Waals surface area contributed by atoms with Crippen LogP contribution < -0.4 is 0 Å². The number of nitro groups is 1. The van der Waals surface area contributed by atoms with E-state index in [9.17, 15) is 15.2 Å². The van der Waals surface area contributed by atoms with Gasteiger partial charge in [0.15, 0.2) is 5.75 Å². The van der Waals surface area contributed by atoms with Crippen LogP contribution in [0.3, 0.4) is 0 Å². The molecule has 0 saturated heterocycles. The molecule has 1 aliphatic carbocycles. The molecular formula is C12H15NO3. The molecule has 1 aliphatic rings. The monoisotopic (exact) mass is 221 g/mol. The highest BCUT2D eigenvalue weighted by Gasteiger charge is 2.20. The highest BCUT2D eigenvalue weighted by molar-refractivity contribution is 5.48. The molecule has 0 aromatic heterocycles. The topological polar surface area (TPSA) is 63.4 Å². The van der Waals surface area contributed by atoms with E-state index in [4.69, 9.17) is 0 Å². The maximum Gasteiger partial charge on any atom is 0.310 e. The van der Waals surface area contributed by atoms with Crippen LogP contribution in [-0.4, -0.2) is 10.0 Å². The van der Waals surface area contributed by atoms with E-state index in [0.29, 0.717) is 5.92 Å². The number of aromatic hydroxyl groups is 1. The highest BCUT2D eigenvalue weighted by atomic mass is 16.6. The summed E-state index contributed by atoms with van der Waals surface area (Å²) in [5.74, 6) is 0.178. The van der Waals surface area contributed by atoms with Gasteiger partial charge in [0, 0.05) is 6.07 Å². The van der Waals surface area contributed by atoms with Crippen molar-refractivity contribution in [1.29, 1.82) is 0 Å². The third-order valence-corrected chi connectivity index (χ3v) is 3.27. The second-order valence-electron chi connectivity index (χ2n) is 4.34. The second-order valence-corrected chi connectivity index (χ2v) is 4.34. The highest BCUT2D eigenvalue weighted by Crippen LogP contribution is 2.36. The van der Waals surface area contributed by atoms with E-state index in [1.54, 1.807) is 6.07 Å². The fraction of sp³-hybridized carbons (Fsp3) is 0.500. The molecule has 0 radical (unpaired) electrons.